The van der Waals surface area contributed by atoms with Crippen LogP contribution in [0.4, 0.5) is 10.5 Å². The van der Waals surface area contributed by atoms with E-state index >= 15 is 0 Å². The summed E-state index contributed by atoms with van der Waals surface area (Å²) in [5.41, 5.74) is -0.284. The Morgan fingerprint density at radius 1 is 0.944 bits per heavy atom. The number of ether oxygens (including phenoxy) is 1. The number of carbonyl (C=O) groups excluding carboxylic acids is 3. The van der Waals surface area contributed by atoms with Crippen molar-refractivity contribution in [2.24, 2.45) is 5.92 Å². The van der Waals surface area contributed by atoms with Crippen molar-refractivity contribution in [2.75, 3.05) is 4.90 Å². The van der Waals surface area contributed by atoms with Gasteiger partial charge >= 0.3 is 12.1 Å². The first-order chi connectivity index (χ1) is 16.7. The Morgan fingerprint density at radius 2 is 1.56 bits per heavy atom. The van der Waals surface area contributed by atoms with Gasteiger partial charge in [0.25, 0.3) is 0 Å². The van der Waals surface area contributed by atoms with E-state index in [2.05, 4.69) is 10.6 Å². The highest BCUT2D eigenvalue weighted by molar-refractivity contribution is 6.09. The average molecular weight is 500 g/mol. The molecule has 0 saturated carbocycles. The van der Waals surface area contributed by atoms with Crippen LogP contribution < -0.4 is 15.5 Å². The van der Waals surface area contributed by atoms with Crippen LogP contribution in [0.5, 0.6) is 0 Å². The first kappa shape index (κ1) is 28.6. The number of aliphatic carboxylic acids is 1. The molecule has 0 spiro atoms. The molecule has 0 bridgehead atoms. The maximum atomic E-state index is 14.0. The van der Waals surface area contributed by atoms with Crippen LogP contribution in [0.3, 0.4) is 0 Å². The number of amides is 3. The van der Waals surface area contributed by atoms with E-state index in [-0.39, 0.29) is 5.92 Å². The highest BCUT2D eigenvalue weighted by Crippen LogP contribution is 2.29. The van der Waals surface area contributed by atoms with Crippen molar-refractivity contribution >= 4 is 40.3 Å². The molecule has 9 heteroatoms. The van der Waals surface area contributed by atoms with Gasteiger partial charge in [-0.25, -0.2) is 4.79 Å². The van der Waals surface area contributed by atoms with E-state index in [1.165, 1.54) is 18.7 Å². The van der Waals surface area contributed by atoms with Crippen LogP contribution in [0.25, 0.3) is 10.8 Å². The lowest BCUT2D eigenvalue weighted by Crippen LogP contribution is -2.57. The lowest BCUT2D eigenvalue weighted by molar-refractivity contribution is -0.141. The SMILES string of the molecule is CC(C)C[C@H](NC(=O)OC(C)(C)C)C(=O)N(c1cccc2ccccc12)C(C)C(=O)N[C@@H](C)C(=O)O. The van der Waals surface area contributed by atoms with Crippen LogP contribution in [-0.4, -0.2) is 52.7 Å². The monoisotopic (exact) mass is 499 g/mol. The molecule has 0 heterocycles. The number of nitrogens with zero attached hydrogens (tertiary/aromatic N) is 1. The van der Waals surface area contributed by atoms with Gasteiger partial charge in [-0.15, -0.1) is 0 Å². The molecule has 2 rings (SSSR count). The third-order valence-corrected chi connectivity index (χ3v) is 5.46. The molecule has 1 unspecified atom stereocenters. The molecule has 9 nitrogen and oxygen atoms in total. The number of nitrogens with one attached hydrogen (secondary N) is 2. The molecule has 0 fully saturated rings. The zero-order valence-electron chi connectivity index (χ0n) is 22.0. The molecule has 2 aromatic carbocycles. The molecular formula is C27H37N3O6. The fourth-order valence-electron chi connectivity index (χ4n) is 3.76. The lowest BCUT2D eigenvalue weighted by atomic mass is 10.00. The maximum absolute atomic E-state index is 14.0. The van der Waals surface area contributed by atoms with Gasteiger partial charge in [0.15, 0.2) is 0 Å². The van der Waals surface area contributed by atoms with Gasteiger partial charge < -0.3 is 20.5 Å². The minimum Gasteiger partial charge on any atom is -0.480 e. The van der Waals surface area contributed by atoms with Gasteiger partial charge in [-0.2, -0.15) is 0 Å². The second-order valence-corrected chi connectivity index (χ2v) is 10.3. The van der Waals surface area contributed by atoms with Gasteiger partial charge in [0, 0.05) is 5.39 Å². The Kier molecular flexibility index (Phi) is 9.44. The van der Waals surface area contributed by atoms with Gasteiger partial charge in [-0.3, -0.25) is 19.3 Å². The maximum Gasteiger partial charge on any atom is 0.408 e. The first-order valence-electron chi connectivity index (χ1n) is 12.0. The molecule has 36 heavy (non-hydrogen) atoms. The minimum absolute atomic E-state index is 0.0411. The summed E-state index contributed by atoms with van der Waals surface area (Å²) in [4.78, 5) is 52.4. The molecule has 0 aliphatic heterocycles. The number of alkyl carbamates (subject to hydrolysis) is 1. The zero-order chi connectivity index (χ0) is 27.2. The predicted octanol–water partition coefficient (Wildman–Crippen LogP) is 4.09. The largest absolute Gasteiger partial charge is 0.480 e. The number of carbonyl (C=O) groups is 4. The summed E-state index contributed by atoms with van der Waals surface area (Å²) < 4.78 is 5.38. The second-order valence-electron chi connectivity index (χ2n) is 10.3. The summed E-state index contributed by atoms with van der Waals surface area (Å²) >= 11 is 0. The van der Waals surface area contributed by atoms with E-state index in [4.69, 9.17) is 4.74 Å². The van der Waals surface area contributed by atoms with Gasteiger partial charge in [-0.1, -0.05) is 50.2 Å². The van der Waals surface area contributed by atoms with E-state index in [1.54, 1.807) is 32.9 Å². The summed E-state index contributed by atoms with van der Waals surface area (Å²) in [5, 5.41) is 16.0. The summed E-state index contributed by atoms with van der Waals surface area (Å²) in [6, 6.07) is 9.64. The third kappa shape index (κ3) is 7.69. The van der Waals surface area contributed by atoms with Crippen molar-refractivity contribution in [3.63, 3.8) is 0 Å². The normalized spacial score (nSPS) is 14.0. The number of rotatable bonds is 9. The molecule has 2 aromatic rings. The zero-order valence-corrected chi connectivity index (χ0v) is 22.0. The number of anilines is 1. The Morgan fingerprint density at radius 3 is 2.14 bits per heavy atom. The lowest BCUT2D eigenvalue weighted by Gasteiger charge is -2.34. The molecule has 0 saturated heterocycles. The molecule has 196 valence electrons. The van der Waals surface area contributed by atoms with Gasteiger partial charge in [-0.05, 0) is 58.4 Å². The number of fused-ring (bicyclic) bond motifs is 1. The van der Waals surface area contributed by atoms with Crippen molar-refractivity contribution in [1.29, 1.82) is 0 Å². The Balaban J connectivity index is 2.56. The predicted molar refractivity (Wildman–Crippen MR) is 139 cm³/mol. The fraction of sp³-hybridized carbons (Fsp3) is 0.481. The van der Waals surface area contributed by atoms with Crippen molar-refractivity contribution in [2.45, 2.75) is 78.6 Å². The molecule has 3 N–H and O–H groups in total. The summed E-state index contributed by atoms with van der Waals surface area (Å²) in [6.07, 6.45) is -0.435. The van der Waals surface area contributed by atoms with Crippen LogP contribution in [-0.2, 0) is 19.1 Å². The van der Waals surface area contributed by atoms with Gasteiger partial charge in [0.05, 0.1) is 5.69 Å². The number of hydrogen-bond donors (Lipinski definition) is 3. The molecule has 0 aliphatic carbocycles. The van der Waals surface area contributed by atoms with Crippen LogP contribution in [0.2, 0.25) is 0 Å². The van der Waals surface area contributed by atoms with Crippen molar-refractivity contribution in [1.82, 2.24) is 10.6 Å². The van der Waals surface area contributed by atoms with E-state index in [0.29, 0.717) is 12.1 Å². The minimum atomic E-state index is -1.19. The average Bonchev–Trinajstić information content (AvgIpc) is 2.77. The van der Waals surface area contributed by atoms with E-state index in [1.807, 2.05) is 44.2 Å². The quantitative estimate of drug-likeness (QED) is 0.477. The van der Waals surface area contributed by atoms with Crippen molar-refractivity contribution in [3.05, 3.63) is 42.5 Å². The van der Waals surface area contributed by atoms with Crippen LogP contribution in [0.1, 0.15) is 54.9 Å². The van der Waals surface area contributed by atoms with Crippen LogP contribution >= 0.6 is 0 Å². The standard InChI is InChI=1S/C27H37N3O6/c1-16(2)15-21(29-26(35)36-27(5,6)7)24(32)30(18(4)23(31)28-17(3)25(33)34)22-14-10-12-19-11-8-9-13-20(19)22/h8-14,16-18,21H,15H2,1-7H3,(H,28,31)(H,29,35)(H,33,34)/t17-,18?,21-/m0/s1. The van der Waals surface area contributed by atoms with E-state index in [0.717, 1.165) is 10.8 Å². The summed E-state index contributed by atoms with van der Waals surface area (Å²) in [7, 11) is 0. The highest BCUT2D eigenvalue weighted by atomic mass is 16.6. The topological polar surface area (TPSA) is 125 Å². The number of carboxylic acid groups (broad SMARTS) is 1. The number of hydrogen-bond acceptors (Lipinski definition) is 5. The summed E-state index contributed by atoms with van der Waals surface area (Å²) in [5.74, 6) is -2.29. The van der Waals surface area contributed by atoms with Gasteiger partial charge in [0.2, 0.25) is 11.8 Å². The third-order valence-electron chi connectivity index (χ3n) is 5.46. The molecule has 0 aromatic heterocycles. The highest BCUT2D eigenvalue weighted by Gasteiger charge is 2.36. The molecule has 3 amide bonds. The first-order valence-corrected chi connectivity index (χ1v) is 12.0. The Labute approximate surface area is 212 Å². The summed E-state index contributed by atoms with van der Waals surface area (Å²) in [6.45, 7) is 11.9. The molecule has 3 atom stereocenters. The van der Waals surface area contributed by atoms with Crippen LogP contribution in [0, 0.1) is 5.92 Å². The number of benzene rings is 2. The van der Waals surface area contributed by atoms with Crippen molar-refractivity contribution in [3.8, 4) is 0 Å². The molecular weight excluding hydrogens is 462 g/mol. The second kappa shape index (κ2) is 11.9. The Hall–Kier alpha value is -3.62. The smallest absolute Gasteiger partial charge is 0.408 e. The Bertz CT molecular complexity index is 1100. The molecule has 0 aliphatic rings. The van der Waals surface area contributed by atoms with Gasteiger partial charge in [0.1, 0.15) is 23.7 Å². The number of carboxylic acids is 1. The van der Waals surface area contributed by atoms with Crippen molar-refractivity contribution < 1.29 is 29.0 Å². The molecule has 0 radical (unpaired) electrons. The van der Waals surface area contributed by atoms with E-state index < -0.39 is 47.6 Å². The fourth-order valence-corrected chi connectivity index (χ4v) is 3.76. The van der Waals surface area contributed by atoms with Crippen LogP contribution in [0.15, 0.2) is 42.5 Å². The van der Waals surface area contributed by atoms with E-state index in [9.17, 15) is 24.3 Å².